The summed E-state index contributed by atoms with van der Waals surface area (Å²) in [5, 5.41) is 3.35. The van der Waals surface area contributed by atoms with Crippen LogP contribution in [0, 0.1) is 0 Å². The maximum absolute atomic E-state index is 11.7. The molecule has 6 heteroatoms. The normalized spacial score (nSPS) is 10.3. The number of carbonyl (C=O) groups is 1. The van der Waals surface area contributed by atoms with E-state index in [0.29, 0.717) is 24.7 Å². The van der Waals surface area contributed by atoms with Crippen molar-refractivity contribution in [2.75, 3.05) is 38.8 Å². The monoisotopic (exact) mass is 285 g/mol. The molecule has 0 aromatic heterocycles. The number of hydrogen-bond donors (Lipinski definition) is 2. The van der Waals surface area contributed by atoms with Crippen molar-refractivity contribution in [1.82, 2.24) is 5.32 Å². The van der Waals surface area contributed by atoms with Crippen molar-refractivity contribution in [1.29, 1.82) is 0 Å². The average molecular weight is 286 g/mol. The molecule has 0 radical (unpaired) electrons. The molecule has 0 fully saturated rings. The summed E-state index contributed by atoms with van der Waals surface area (Å²) in [6.07, 6.45) is 0. The van der Waals surface area contributed by atoms with E-state index in [9.17, 15) is 4.79 Å². The predicted octanol–water partition coefficient (Wildman–Crippen LogP) is 0.997. The fourth-order valence-electron chi connectivity index (χ4n) is 1.64. The molecule has 0 unspecified atom stereocenters. The van der Waals surface area contributed by atoms with Gasteiger partial charge in [-0.15, -0.1) is 0 Å². The van der Waals surface area contributed by atoms with Crippen molar-refractivity contribution in [2.45, 2.75) is 6.54 Å². The minimum absolute atomic E-state index is 0.0708. The lowest BCUT2D eigenvalue weighted by Crippen LogP contribution is -2.36. The first-order valence-corrected chi connectivity index (χ1v) is 6.41. The molecule has 0 spiro atoms. The first-order chi connectivity index (χ1) is 9.08. The molecule has 1 aromatic rings. The van der Waals surface area contributed by atoms with Crippen LogP contribution in [0.1, 0.15) is 5.56 Å². The van der Waals surface area contributed by atoms with E-state index >= 15 is 0 Å². The van der Waals surface area contributed by atoms with Crippen LogP contribution in [0.5, 0.6) is 0 Å². The van der Waals surface area contributed by atoms with E-state index in [0.717, 1.165) is 11.3 Å². The molecule has 19 heavy (non-hydrogen) atoms. The number of ether oxygens (including phenoxy) is 1. The minimum atomic E-state index is -0.0708. The number of likely N-dealkylation sites (N-methyl/N-ethyl adjacent to an activating group) is 1. The average Bonchev–Trinajstić information content (AvgIpc) is 2.38. The Kier molecular flexibility index (Phi) is 6.62. The topological polar surface area (TPSA) is 67.6 Å². The van der Waals surface area contributed by atoms with Crippen LogP contribution in [0.3, 0.4) is 0 Å². The summed E-state index contributed by atoms with van der Waals surface area (Å²) >= 11 is 6.16. The SMILES string of the molecule is COCCNC(=O)CN(C)c1ccc(CN)cc1Cl. The zero-order valence-corrected chi connectivity index (χ0v) is 12.0. The largest absolute Gasteiger partial charge is 0.383 e. The number of benzene rings is 1. The van der Waals surface area contributed by atoms with Crippen LogP contribution in [0.15, 0.2) is 18.2 Å². The standard InChI is InChI=1S/C13H20ClN3O2/c1-17(9-13(18)16-5-6-19-2)12-4-3-10(8-15)7-11(12)14/h3-4,7H,5-6,8-9,15H2,1-2H3,(H,16,18). The molecule has 5 nitrogen and oxygen atoms in total. The van der Waals surface area contributed by atoms with Gasteiger partial charge in [-0.05, 0) is 17.7 Å². The smallest absolute Gasteiger partial charge is 0.239 e. The molecule has 0 atom stereocenters. The Labute approximate surface area is 118 Å². The van der Waals surface area contributed by atoms with E-state index in [4.69, 9.17) is 22.1 Å². The van der Waals surface area contributed by atoms with Gasteiger partial charge >= 0.3 is 0 Å². The Morgan fingerprint density at radius 1 is 1.53 bits per heavy atom. The van der Waals surface area contributed by atoms with E-state index in [1.165, 1.54) is 0 Å². The van der Waals surface area contributed by atoms with Gasteiger partial charge < -0.3 is 20.7 Å². The van der Waals surface area contributed by atoms with Gasteiger partial charge in [0.15, 0.2) is 0 Å². The molecule has 1 amide bonds. The summed E-state index contributed by atoms with van der Waals surface area (Å²) in [4.78, 5) is 13.5. The van der Waals surface area contributed by atoms with E-state index in [-0.39, 0.29) is 12.5 Å². The number of nitrogens with zero attached hydrogens (tertiary/aromatic N) is 1. The second kappa shape index (κ2) is 7.99. The fourth-order valence-corrected chi connectivity index (χ4v) is 1.98. The van der Waals surface area contributed by atoms with Crippen LogP contribution in [0.25, 0.3) is 0 Å². The molecule has 0 saturated heterocycles. The third kappa shape index (κ3) is 5.06. The van der Waals surface area contributed by atoms with Crippen LogP contribution in [-0.4, -0.2) is 39.8 Å². The number of nitrogens with two attached hydrogens (primary N) is 1. The lowest BCUT2D eigenvalue weighted by Gasteiger charge is -2.20. The van der Waals surface area contributed by atoms with Gasteiger partial charge in [0.2, 0.25) is 5.91 Å². The van der Waals surface area contributed by atoms with Gasteiger partial charge in [0.05, 0.1) is 23.9 Å². The van der Waals surface area contributed by atoms with Gasteiger partial charge in [0.1, 0.15) is 0 Å². The summed E-state index contributed by atoms with van der Waals surface area (Å²) in [6.45, 7) is 1.69. The molecule has 3 N–H and O–H groups in total. The Morgan fingerprint density at radius 3 is 2.84 bits per heavy atom. The van der Waals surface area contributed by atoms with Crippen molar-refractivity contribution in [3.05, 3.63) is 28.8 Å². The number of carbonyl (C=O) groups excluding carboxylic acids is 1. The molecule has 0 aliphatic heterocycles. The molecule has 1 rings (SSSR count). The van der Waals surface area contributed by atoms with Gasteiger partial charge in [-0.25, -0.2) is 0 Å². The van der Waals surface area contributed by atoms with Gasteiger partial charge in [0, 0.05) is 27.2 Å². The number of halogens is 1. The molecule has 106 valence electrons. The summed E-state index contributed by atoms with van der Waals surface area (Å²) < 4.78 is 4.87. The van der Waals surface area contributed by atoms with Crippen molar-refractivity contribution in [2.24, 2.45) is 5.73 Å². The summed E-state index contributed by atoms with van der Waals surface area (Å²) in [7, 11) is 3.41. The van der Waals surface area contributed by atoms with Crippen LogP contribution < -0.4 is 16.0 Å². The van der Waals surface area contributed by atoms with Crippen LogP contribution in [0.2, 0.25) is 5.02 Å². The number of rotatable bonds is 7. The quantitative estimate of drug-likeness (QED) is 0.734. The maximum atomic E-state index is 11.7. The van der Waals surface area contributed by atoms with Crippen molar-refractivity contribution < 1.29 is 9.53 Å². The highest BCUT2D eigenvalue weighted by Crippen LogP contribution is 2.25. The Morgan fingerprint density at radius 2 is 2.26 bits per heavy atom. The molecule has 0 heterocycles. The predicted molar refractivity (Wildman–Crippen MR) is 77.5 cm³/mol. The van der Waals surface area contributed by atoms with Gasteiger partial charge in [-0.1, -0.05) is 17.7 Å². The van der Waals surface area contributed by atoms with Crippen LogP contribution in [-0.2, 0) is 16.1 Å². The number of hydrogen-bond acceptors (Lipinski definition) is 4. The lowest BCUT2D eigenvalue weighted by atomic mass is 10.2. The van der Waals surface area contributed by atoms with Crippen molar-refractivity contribution in [3.8, 4) is 0 Å². The number of methoxy groups -OCH3 is 1. The maximum Gasteiger partial charge on any atom is 0.239 e. The Balaban J connectivity index is 2.57. The molecular formula is C13H20ClN3O2. The number of anilines is 1. The van der Waals surface area contributed by atoms with E-state index in [2.05, 4.69) is 5.32 Å². The van der Waals surface area contributed by atoms with Crippen molar-refractivity contribution >= 4 is 23.2 Å². The zero-order chi connectivity index (χ0) is 14.3. The van der Waals surface area contributed by atoms with Gasteiger partial charge in [-0.2, -0.15) is 0 Å². The van der Waals surface area contributed by atoms with E-state index < -0.39 is 0 Å². The first-order valence-electron chi connectivity index (χ1n) is 6.03. The highest BCUT2D eigenvalue weighted by atomic mass is 35.5. The van der Waals surface area contributed by atoms with E-state index in [1.54, 1.807) is 12.0 Å². The summed E-state index contributed by atoms with van der Waals surface area (Å²) in [5.41, 5.74) is 7.32. The highest BCUT2D eigenvalue weighted by Gasteiger charge is 2.10. The van der Waals surface area contributed by atoms with Crippen LogP contribution in [0.4, 0.5) is 5.69 Å². The third-order valence-corrected chi connectivity index (χ3v) is 2.97. The summed E-state index contributed by atoms with van der Waals surface area (Å²) in [5.74, 6) is -0.0708. The fraction of sp³-hybridized carbons (Fsp3) is 0.462. The third-order valence-electron chi connectivity index (χ3n) is 2.67. The second-order valence-electron chi connectivity index (χ2n) is 4.19. The number of nitrogens with one attached hydrogen (secondary N) is 1. The second-order valence-corrected chi connectivity index (χ2v) is 4.60. The number of amides is 1. The Bertz CT molecular complexity index is 426. The first kappa shape index (κ1) is 15.8. The van der Waals surface area contributed by atoms with Gasteiger partial charge in [-0.3, -0.25) is 4.79 Å². The van der Waals surface area contributed by atoms with Gasteiger partial charge in [0.25, 0.3) is 0 Å². The molecule has 0 aliphatic rings. The highest BCUT2D eigenvalue weighted by molar-refractivity contribution is 6.33. The molecule has 0 aliphatic carbocycles. The molecule has 0 saturated carbocycles. The molecule has 0 bridgehead atoms. The Hall–Kier alpha value is -1.30. The zero-order valence-electron chi connectivity index (χ0n) is 11.3. The molecular weight excluding hydrogens is 266 g/mol. The minimum Gasteiger partial charge on any atom is -0.383 e. The van der Waals surface area contributed by atoms with E-state index in [1.807, 2.05) is 25.2 Å². The van der Waals surface area contributed by atoms with Crippen molar-refractivity contribution in [3.63, 3.8) is 0 Å². The summed E-state index contributed by atoms with van der Waals surface area (Å²) in [6, 6.07) is 5.59. The lowest BCUT2D eigenvalue weighted by molar-refractivity contribution is -0.119. The molecule has 1 aromatic carbocycles. The van der Waals surface area contributed by atoms with Crippen LogP contribution >= 0.6 is 11.6 Å².